The largest absolute Gasteiger partial charge is 0.340 e. The molecule has 1 unspecified atom stereocenters. The van der Waals surface area contributed by atoms with E-state index in [0.29, 0.717) is 37.0 Å². The first-order chi connectivity index (χ1) is 12.6. The molecule has 2 aliphatic rings. The summed E-state index contributed by atoms with van der Waals surface area (Å²) >= 11 is 0. The molecule has 0 aromatic heterocycles. The van der Waals surface area contributed by atoms with Crippen LogP contribution in [0.15, 0.2) is 29.2 Å². The average Bonchev–Trinajstić information content (AvgIpc) is 2.59. The fourth-order valence-electron chi connectivity index (χ4n) is 3.58. The van der Waals surface area contributed by atoms with Gasteiger partial charge in [0, 0.05) is 32.1 Å². The molecule has 1 atom stereocenters. The van der Waals surface area contributed by atoms with Crippen LogP contribution in [0.1, 0.15) is 33.3 Å². The van der Waals surface area contributed by atoms with Crippen molar-refractivity contribution in [2.45, 2.75) is 38.0 Å². The third-order valence-electron chi connectivity index (χ3n) is 5.82. The zero-order chi connectivity index (χ0) is 19.8. The first-order valence-electron chi connectivity index (χ1n) is 9.71. The van der Waals surface area contributed by atoms with Crippen LogP contribution < -0.4 is 5.32 Å². The van der Waals surface area contributed by atoms with E-state index in [0.717, 1.165) is 18.7 Å². The fraction of sp³-hybridized carbons (Fsp3) is 0.650. The molecule has 0 bridgehead atoms. The highest BCUT2D eigenvalue weighted by atomic mass is 32.2. The number of benzene rings is 1. The van der Waals surface area contributed by atoms with Crippen molar-refractivity contribution in [1.82, 2.24) is 14.5 Å². The van der Waals surface area contributed by atoms with Crippen molar-refractivity contribution < 1.29 is 13.2 Å². The van der Waals surface area contributed by atoms with Gasteiger partial charge in [-0.2, -0.15) is 4.31 Å². The molecule has 150 valence electrons. The zero-order valence-electron chi connectivity index (χ0n) is 16.7. The number of hydrogen-bond acceptors (Lipinski definition) is 4. The Morgan fingerprint density at radius 3 is 2.07 bits per heavy atom. The number of nitrogens with zero attached hydrogens (tertiary/aromatic N) is 2. The van der Waals surface area contributed by atoms with Gasteiger partial charge in [-0.1, -0.05) is 39.8 Å². The van der Waals surface area contributed by atoms with Crippen LogP contribution in [0.5, 0.6) is 0 Å². The topological polar surface area (TPSA) is 69.7 Å². The zero-order valence-corrected chi connectivity index (χ0v) is 17.6. The maximum Gasteiger partial charge on any atom is 0.243 e. The number of piperazine rings is 1. The summed E-state index contributed by atoms with van der Waals surface area (Å²) in [6.45, 7) is 11.7. The van der Waals surface area contributed by atoms with E-state index in [1.165, 1.54) is 4.31 Å². The van der Waals surface area contributed by atoms with Crippen LogP contribution in [-0.4, -0.2) is 62.8 Å². The average molecular weight is 394 g/mol. The number of carbonyl (C=O) groups is 1. The highest BCUT2D eigenvalue weighted by molar-refractivity contribution is 7.89. The van der Waals surface area contributed by atoms with Gasteiger partial charge in [0.2, 0.25) is 15.9 Å². The molecule has 0 spiro atoms. The smallest absolute Gasteiger partial charge is 0.243 e. The van der Waals surface area contributed by atoms with E-state index in [9.17, 15) is 13.2 Å². The Hall–Kier alpha value is -1.44. The highest BCUT2D eigenvalue weighted by Gasteiger charge is 2.35. The summed E-state index contributed by atoms with van der Waals surface area (Å²) in [5, 5.41) is 3.20. The molecule has 2 aliphatic heterocycles. The van der Waals surface area contributed by atoms with E-state index in [-0.39, 0.29) is 17.2 Å². The SMILES string of the molecule is CC(C(=O)N1CCN(S(=O)(=O)c2ccc(C(C)(C)C)cc2)CC1)C1CNC1. The molecule has 1 amide bonds. The molecule has 2 fully saturated rings. The molecule has 27 heavy (non-hydrogen) atoms. The van der Waals surface area contributed by atoms with Crippen LogP contribution in [0.2, 0.25) is 0 Å². The van der Waals surface area contributed by atoms with Gasteiger partial charge in [-0.15, -0.1) is 0 Å². The van der Waals surface area contributed by atoms with E-state index >= 15 is 0 Å². The van der Waals surface area contributed by atoms with Crippen molar-refractivity contribution in [3.8, 4) is 0 Å². The number of amides is 1. The van der Waals surface area contributed by atoms with E-state index in [1.54, 1.807) is 12.1 Å². The van der Waals surface area contributed by atoms with Gasteiger partial charge in [0.25, 0.3) is 0 Å². The minimum Gasteiger partial charge on any atom is -0.340 e. The normalized spacial score (nSPS) is 21.0. The van der Waals surface area contributed by atoms with E-state index in [4.69, 9.17) is 0 Å². The van der Waals surface area contributed by atoms with Crippen molar-refractivity contribution in [3.05, 3.63) is 29.8 Å². The minimum atomic E-state index is -3.52. The van der Waals surface area contributed by atoms with Crippen molar-refractivity contribution in [2.24, 2.45) is 11.8 Å². The Morgan fingerprint density at radius 1 is 1.07 bits per heavy atom. The van der Waals surface area contributed by atoms with Crippen LogP contribution in [-0.2, 0) is 20.2 Å². The second kappa shape index (κ2) is 7.53. The number of rotatable bonds is 4. The van der Waals surface area contributed by atoms with Crippen molar-refractivity contribution >= 4 is 15.9 Å². The van der Waals surface area contributed by atoms with Crippen LogP contribution >= 0.6 is 0 Å². The predicted octanol–water partition coefficient (Wildman–Crippen LogP) is 1.67. The predicted molar refractivity (Wildman–Crippen MR) is 106 cm³/mol. The molecule has 2 saturated heterocycles. The van der Waals surface area contributed by atoms with Gasteiger partial charge in [-0.25, -0.2) is 8.42 Å². The quantitative estimate of drug-likeness (QED) is 0.845. The van der Waals surface area contributed by atoms with E-state index in [2.05, 4.69) is 26.1 Å². The third-order valence-corrected chi connectivity index (χ3v) is 7.73. The first-order valence-corrected chi connectivity index (χ1v) is 11.1. The van der Waals surface area contributed by atoms with Crippen molar-refractivity contribution in [3.63, 3.8) is 0 Å². The molecule has 1 aromatic carbocycles. The Balaban J connectivity index is 1.63. The van der Waals surface area contributed by atoms with Crippen LogP contribution in [0.3, 0.4) is 0 Å². The van der Waals surface area contributed by atoms with E-state index < -0.39 is 10.0 Å². The lowest BCUT2D eigenvalue weighted by Gasteiger charge is -2.38. The summed E-state index contributed by atoms with van der Waals surface area (Å²) in [6, 6.07) is 7.17. The number of carbonyl (C=O) groups excluding carboxylic acids is 1. The summed E-state index contributed by atoms with van der Waals surface area (Å²) in [5.74, 6) is 0.549. The summed E-state index contributed by atoms with van der Waals surface area (Å²) < 4.78 is 27.4. The van der Waals surface area contributed by atoms with Gasteiger partial charge in [-0.3, -0.25) is 4.79 Å². The Labute approximate surface area is 163 Å². The van der Waals surface area contributed by atoms with Gasteiger partial charge in [0.1, 0.15) is 0 Å². The lowest BCUT2D eigenvalue weighted by molar-refractivity contribution is -0.138. The second-order valence-electron chi connectivity index (χ2n) is 8.71. The van der Waals surface area contributed by atoms with Gasteiger partial charge in [-0.05, 0) is 42.1 Å². The van der Waals surface area contributed by atoms with Crippen LogP contribution in [0.25, 0.3) is 0 Å². The van der Waals surface area contributed by atoms with Crippen LogP contribution in [0, 0.1) is 11.8 Å². The van der Waals surface area contributed by atoms with Crippen LogP contribution in [0.4, 0.5) is 0 Å². The molecule has 1 N–H and O–H groups in total. The van der Waals surface area contributed by atoms with E-state index in [1.807, 2.05) is 24.0 Å². The molecule has 1 aromatic rings. The molecule has 3 rings (SSSR count). The monoisotopic (exact) mass is 393 g/mol. The maximum absolute atomic E-state index is 12.9. The van der Waals surface area contributed by atoms with Gasteiger partial charge in [0.05, 0.1) is 4.90 Å². The van der Waals surface area contributed by atoms with Gasteiger partial charge >= 0.3 is 0 Å². The summed E-state index contributed by atoms with van der Waals surface area (Å²) in [4.78, 5) is 14.8. The minimum absolute atomic E-state index is 0.000602. The molecule has 0 saturated carbocycles. The summed E-state index contributed by atoms with van der Waals surface area (Å²) in [7, 11) is -3.52. The Bertz CT molecular complexity index is 772. The Kier molecular flexibility index (Phi) is 5.66. The molecule has 0 aliphatic carbocycles. The molecule has 0 radical (unpaired) electrons. The molecule has 6 nitrogen and oxygen atoms in total. The summed E-state index contributed by atoms with van der Waals surface area (Å²) in [6.07, 6.45) is 0. The lowest BCUT2D eigenvalue weighted by Crippen LogP contribution is -2.55. The molecular formula is C20H31N3O3S. The van der Waals surface area contributed by atoms with Gasteiger partial charge in [0.15, 0.2) is 0 Å². The lowest BCUT2D eigenvalue weighted by atomic mass is 9.87. The second-order valence-corrected chi connectivity index (χ2v) is 10.6. The number of hydrogen-bond donors (Lipinski definition) is 1. The summed E-state index contributed by atoms with van der Waals surface area (Å²) in [5.41, 5.74) is 1.09. The number of sulfonamides is 1. The van der Waals surface area contributed by atoms with Gasteiger partial charge < -0.3 is 10.2 Å². The molecular weight excluding hydrogens is 362 g/mol. The standard InChI is InChI=1S/C20H31N3O3S/c1-15(16-13-21-14-16)19(24)22-9-11-23(12-10-22)27(25,26)18-7-5-17(6-8-18)20(2,3)4/h5-8,15-16,21H,9-14H2,1-4H3. The molecule has 2 heterocycles. The molecule has 7 heteroatoms. The number of nitrogens with one attached hydrogen (secondary N) is 1. The van der Waals surface area contributed by atoms with Crippen molar-refractivity contribution in [1.29, 1.82) is 0 Å². The first kappa shape index (κ1) is 20.3. The highest BCUT2D eigenvalue weighted by Crippen LogP contribution is 2.25. The Morgan fingerprint density at radius 2 is 1.63 bits per heavy atom. The fourth-order valence-corrected chi connectivity index (χ4v) is 5.00. The van der Waals surface area contributed by atoms with Crippen molar-refractivity contribution in [2.75, 3.05) is 39.3 Å². The maximum atomic E-state index is 12.9. The third kappa shape index (κ3) is 4.20.